The number of hydrogen-bond donors (Lipinski definition) is 1. The Morgan fingerprint density at radius 2 is 1.80 bits per heavy atom. The van der Waals surface area contributed by atoms with E-state index >= 15 is 0 Å². The highest BCUT2D eigenvalue weighted by Gasteiger charge is 2.29. The highest BCUT2D eigenvalue weighted by Crippen LogP contribution is 2.29. The molecule has 2 aromatic heterocycles. The Morgan fingerprint density at radius 3 is 2.50 bits per heavy atom. The van der Waals surface area contributed by atoms with Crippen LogP contribution in [0.1, 0.15) is 21.5 Å². The summed E-state index contributed by atoms with van der Waals surface area (Å²) >= 11 is 1.52. The summed E-state index contributed by atoms with van der Waals surface area (Å²) in [5.74, 6) is -0.436. The van der Waals surface area contributed by atoms with Crippen molar-refractivity contribution in [1.82, 2.24) is 10.4 Å². The Balaban J connectivity index is 1.58. The number of carbonyl (C=O) groups is 1. The van der Waals surface area contributed by atoms with Crippen molar-refractivity contribution in [2.45, 2.75) is 6.18 Å². The Labute approximate surface area is 173 Å². The zero-order valence-corrected chi connectivity index (χ0v) is 16.2. The fourth-order valence-electron chi connectivity index (χ4n) is 2.90. The van der Waals surface area contributed by atoms with E-state index in [4.69, 9.17) is 0 Å². The highest BCUT2D eigenvalue weighted by molar-refractivity contribution is 7.13. The number of halogens is 3. The number of alkyl halides is 3. The first-order chi connectivity index (χ1) is 14.4. The maximum Gasteiger partial charge on any atom is 0.416 e. The van der Waals surface area contributed by atoms with Crippen LogP contribution < -0.4 is 5.43 Å². The van der Waals surface area contributed by atoms with E-state index in [-0.39, 0.29) is 0 Å². The van der Waals surface area contributed by atoms with Crippen molar-refractivity contribution < 1.29 is 18.0 Å². The van der Waals surface area contributed by atoms with Gasteiger partial charge in [0.2, 0.25) is 0 Å². The van der Waals surface area contributed by atoms with Gasteiger partial charge >= 0.3 is 6.18 Å². The van der Waals surface area contributed by atoms with Gasteiger partial charge in [0.25, 0.3) is 5.91 Å². The van der Waals surface area contributed by atoms with E-state index in [2.05, 4.69) is 15.5 Å². The molecule has 0 aliphatic rings. The zero-order valence-electron chi connectivity index (χ0n) is 15.4. The van der Waals surface area contributed by atoms with Crippen LogP contribution in [-0.4, -0.2) is 17.1 Å². The predicted octanol–water partition coefficient (Wildman–Crippen LogP) is 5.75. The number of nitrogens with zero attached hydrogens (tertiary/aromatic N) is 2. The van der Waals surface area contributed by atoms with Crippen LogP contribution in [0.15, 0.2) is 77.2 Å². The zero-order chi connectivity index (χ0) is 21.1. The minimum atomic E-state index is -4.40. The van der Waals surface area contributed by atoms with Crippen LogP contribution in [0.3, 0.4) is 0 Å². The number of thiophene rings is 1. The molecule has 0 fully saturated rings. The lowest BCUT2D eigenvalue weighted by Crippen LogP contribution is -2.18. The van der Waals surface area contributed by atoms with Crippen molar-refractivity contribution in [1.29, 1.82) is 0 Å². The van der Waals surface area contributed by atoms with Crippen LogP contribution >= 0.6 is 11.3 Å². The van der Waals surface area contributed by atoms with E-state index < -0.39 is 17.6 Å². The summed E-state index contributed by atoms with van der Waals surface area (Å²) in [7, 11) is 0. The number of pyridine rings is 1. The molecular weight excluding hydrogens is 411 g/mol. The quantitative estimate of drug-likeness (QED) is 0.335. The second-order valence-corrected chi connectivity index (χ2v) is 7.32. The smallest absolute Gasteiger partial charge is 0.267 e. The fraction of sp³-hybridized carbons (Fsp3) is 0.0455. The lowest BCUT2D eigenvalue weighted by atomic mass is 10.1. The molecule has 0 bridgehead atoms. The Hall–Kier alpha value is -3.52. The minimum Gasteiger partial charge on any atom is -0.267 e. The number of rotatable bonds is 4. The normalized spacial score (nSPS) is 11.8. The second-order valence-electron chi connectivity index (χ2n) is 6.37. The molecule has 2 heterocycles. The van der Waals surface area contributed by atoms with E-state index in [1.165, 1.54) is 29.7 Å². The van der Waals surface area contributed by atoms with Crippen LogP contribution in [0.4, 0.5) is 13.2 Å². The molecule has 0 saturated carbocycles. The molecule has 4 rings (SSSR count). The second kappa shape index (κ2) is 8.08. The van der Waals surface area contributed by atoms with E-state index in [1.54, 1.807) is 12.1 Å². The Kier molecular flexibility index (Phi) is 5.33. The van der Waals surface area contributed by atoms with Crippen molar-refractivity contribution in [3.8, 4) is 10.6 Å². The van der Waals surface area contributed by atoms with Gasteiger partial charge in [-0.25, -0.2) is 10.4 Å². The number of hydrazone groups is 1. The third-order valence-electron chi connectivity index (χ3n) is 4.35. The summed E-state index contributed by atoms with van der Waals surface area (Å²) in [4.78, 5) is 18.3. The molecule has 150 valence electrons. The summed E-state index contributed by atoms with van der Waals surface area (Å²) in [6, 6.07) is 17.3. The molecule has 1 amide bonds. The third-order valence-corrected chi connectivity index (χ3v) is 5.24. The van der Waals surface area contributed by atoms with Crippen LogP contribution in [0.2, 0.25) is 0 Å². The van der Waals surface area contributed by atoms with Crippen LogP contribution in [-0.2, 0) is 6.18 Å². The van der Waals surface area contributed by atoms with Gasteiger partial charge in [0.15, 0.2) is 0 Å². The molecule has 2 aromatic carbocycles. The number of nitrogens with one attached hydrogen (secondary N) is 1. The number of hydrogen-bond acceptors (Lipinski definition) is 4. The van der Waals surface area contributed by atoms with Crippen molar-refractivity contribution in [2.75, 3.05) is 0 Å². The Bertz CT molecular complexity index is 1220. The lowest BCUT2D eigenvalue weighted by molar-refractivity contribution is -0.137. The van der Waals surface area contributed by atoms with Crippen LogP contribution in [0.25, 0.3) is 21.5 Å². The maximum atomic E-state index is 12.8. The van der Waals surface area contributed by atoms with Crippen LogP contribution in [0.5, 0.6) is 0 Å². The number of carbonyl (C=O) groups excluding carboxylic acids is 1. The molecule has 0 unspecified atom stereocenters. The van der Waals surface area contributed by atoms with Crippen molar-refractivity contribution in [3.63, 3.8) is 0 Å². The molecule has 0 aliphatic carbocycles. The molecular formula is C22H14F3N3OS. The monoisotopic (exact) mass is 425 g/mol. The van der Waals surface area contributed by atoms with E-state index in [1.807, 2.05) is 35.7 Å². The molecule has 0 radical (unpaired) electrons. The fourth-order valence-corrected chi connectivity index (χ4v) is 3.58. The highest BCUT2D eigenvalue weighted by atomic mass is 32.1. The van der Waals surface area contributed by atoms with Gasteiger partial charge in [-0.1, -0.05) is 36.4 Å². The van der Waals surface area contributed by atoms with Gasteiger partial charge in [-0.3, -0.25) is 4.79 Å². The topological polar surface area (TPSA) is 54.4 Å². The number of benzene rings is 2. The van der Waals surface area contributed by atoms with Gasteiger partial charge in [0, 0.05) is 5.39 Å². The number of fused-ring (bicyclic) bond motifs is 1. The first-order valence-corrected chi connectivity index (χ1v) is 9.74. The van der Waals surface area contributed by atoms with Gasteiger partial charge in [-0.15, -0.1) is 11.3 Å². The molecule has 0 spiro atoms. The van der Waals surface area contributed by atoms with Crippen LogP contribution in [0, 0.1) is 0 Å². The standard InChI is InChI=1S/C22H14F3N3OS/c23-22(24,25)15-9-7-14(8-10-15)13-26-28-21(29)17-12-19(20-6-3-11-30-20)27-18-5-2-1-4-16(17)18/h1-13H,(H,28,29)/b26-13-. The minimum absolute atomic E-state index is 0.411. The first-order valence-electron chi connectivity index (χ1n) is 8.86. The maximum absolute atomic E-state index is 12.8. The van der Waals surface area contributed by atoms with Crippen molar-refractivity contribution in [2.24, 2.45) is 5.10 Å². The van der Waals surface area contributed by atoms with E-state index in [9.17, 15) is 18.0 Å². The third kappa shape index (κ3) is 4.23. The van der Waals surface area contributed by atoms with Gasteiger partial charge in [0.05, 0.1) is 33.4 Å². The Morgan fingerprint density at radius 1 is 1.03 bits per heavy atom. The number of para-hydroxylation sites is 1. The molecule has 4 nitrogen and oxygen atoms in total. The molecule has 0 atom stereocenters. The van der Waals surface area contributed by atoms with Crippen molar-refractivity contribution in [3.05, 3.63) is 88.8 Å². The largest absolute Gasteiger partial charge is 0.416 e. The molecule has 8 heteroatoms. The predicted molar refractivity (Wildman–Crippen MR) is 112 cm³/mol. The number of amides is 1. The molecule has 30 heavy (non-hydrogen) atoms. The average molecular weight is 425 g/mol. The van der Waals surface area contributed by atoms with Crippen molar-refractivity contribution >= 4 is 34.4 Å². The summed E-state index contributed by atoms with van der Waals surface area (Å²) in [5, 5.41) is 6.50. The molecule has 0 aliphatic heterocycles. The first kappa shape index (κ1) is 19.8. The van der Waals surface area contributed by atoms with Gasteiger partial charge in [0.1, 0.15) is 0 Å². The summed E-state index contributed by atoms with van der Waals surface area (Å²) in [6.07, 6.45) is -3.10. The summed E-state index contributed by atoms with van der Waals surface area (Å²) in [6.45, 7) is 0. The average Bonchev–Trinajstić information content (AvgIpc) is 3.27. The van der Waals surface area contributed by atoms with Gasteiger partial charge < -0.3 is 0 Å². The summed E-state index contributed by atoms with van der Waals surface area (Å²) in [5.41, 5.74) is 3.90. The SMILES string of the molecule is O=C(N/N=C\c1ccc(C(F)(F)F)cc1)c1cc(-c2cccs2)nc2ccccc12. The molecule has 1 N–H and O–H groups in total. The lowest BCUT2D eigenvalue weighted by Gasteiger charge is -2.08. The van der Waals surface area contributed by atoms with Gasteiger partial charge in [-0.05, 0) is 41.3 Å². The van der Waals surface area contributed by atoms with Gasteiger partial charge in [-0.2, -0.15) is 18.3 Å². The number of aromatic nitrogens is 1. The molecule has 4 aromatic rings. The molecule has 0 saturated heterocycles. The van der Waals surface area contributed by atoms with E-state index in [0.717, 1.165) is 17.0 Å². The summed E-state index contributed by atoms with van der Waals surface area (Å²) < 4.78 is 37.9. The van der Waals surface area contributed by atoms with E-state index in [0.29, 0.717) is 27.7 Å².